The van der Waals surface area contributed by atoms with Gasteiger partial charge in [-0.2, -0.15) is 0 Å². The predicted octanol–water partition coefficient (Wildman–Crippen LogP) is 5.67. The summed E-state index contributed by atoms with van der Waals surface area (Å²) in [6, 6.07) is 35.4. The van der Waals surface area contributed by atoms with Crippen LogP contribution in [0.2, 0.25) is 0 Å². The van der Waals surface area contributed by atoms with Crippen molar-refractivity contribution < 1.29 is 14.6 Å². The van der Waals surface area contributed by atoms with Gasteiger partial charge in [0, 0.05) is 7.05 Å². The van der Waals surface area contributed by atoms with E-state index in [1.165, 1.54) is 0 Å². The van der Waals surface area contributed by atoms with Crippen LogP contribution in [-0.2, 0) is 17.8 Å². The zero-order valence-corrected chi connectivity index (χ0v) is 19.3. The van der Waals surface area contributed by atoms with Gasteiger partial charge in [-0.15, -0.1) is 0 Å². The van der Waals surface area contributed by atoms with Crippen molar-refractivity contribution in [2.75, 3.05) is 13.6 Å². The second kappa shape index (κ2) is 11.3. The molecular formula is C30H29NO3. The molecular weight excluding hydrogens is 422 g/mol. The minimum atomic E-state index is -0.726. The van der Waals surface area contributed by atoms with Gasteiger partial charge < -0.3 is 14.7 Å². The highest BCUT2D eigenvalue weighted by Crippen LogP contribution is 2.27. The summed E-state index contributed by atoms with van der Waals surface area (Å²) < 4.78 is 6.09. The first-order chi connectivity index (χ1) is 16.6. The third-order valence-electron chi connectivity index (χ3n) is 5.73. The number of amides is 1. The van der Waals surface area contributed by atoms with Gasteiger partial charge in [0.25, 0.3) is 0 Å². The Morgan fingerprint density at radius 2 is 1.41 bits per heavy atom. The lowest BCUT2D eigenvalue weighted by Crippen LogP contribution is -2.32. The van der Waals surface area contributed by atoms with E-state index in [0.29, 0.717) is 6.61 Å². The Bertz CT molecular complexity index is 1190. The van der Waals surface area contributed by atoms with Crippen LogP contribution < -0.4 is 4.74 Å². The first-order valence-electron chi connectivity index (χ1n) is 11.4. The van der Waals surface area contributed by atoms with Crippen molar-refractivity contribution in [2.45, 2.75) is 19.1 Å². The molecule has 1 atom stereocenters. The fraction of sp³-hybridized carbons (Fsp3) is 0.167. The lowest BCUT2D eigenvalue weighted by molar-refractivity contribution is -0.130. The van der Waals surface area contributed by atoms with Gasteiger partial charge in [0.2, 0.25) is 5.91 Å². The number of carbonyl (C=O) groups excluding carboxylic acids is 1. The van der Waals surface area contributed by atoms with E-state index in [1.54, 1.807) is 11.9 Å². The molecule has 172 valence electrons. The Morgan fingerprint density at radius 3 is 2.09 bits per heavy atom. The number of aliphatic hydroxyl groups is 1. The average molecular weight is 452 g/mol. The van der Waals surface area contributed by atoms with E-state index in [4.69, 9.17) is 4.74 Å². The van der Waals surface area contributed by atoms with Gasteiger partial charge in [-0.25, -0.2) is 0 Å². The van der Waals surface area contributed by atoms with Crippen LogP contribution in [0.5, 0.6) is 5.75 Å². The highest BCUT2D eigenvalue weighted by Gasteiger charge is 2.16. The second-order valence-electron chi connectivity index (χ2n) is 8.38. The summed E-state index contributed by atoms with van der Waals surface area (Å²) in [5.41, 5.74) is 4.82. The molecule has 0 saturated carbocycles. The van der Waals surface area contributed by atoms with Crippen LogP contribution in [0, 0.1) is 0 Å². The van der Waals surface area contributed by atoms with E-state index in [9.17, 15) is 9.90 Å². The molecule has 0 aliphatic rings. The van der Waals surface area contributed by atoms with Crippen molar-refractivity contribution in [2.24, 2.45) is 0 Å². The SMILES string of the molecule is CN(C[C@@H](O)c1ccccc1)C(=O)Cc1cc(OCc2ccccc2)cc(-c2ccccc2)c1. The van der Waals surface area contributed by atoms with E-state index in [0.717, 1.165) is 33.6 Å². The first kappa shape index (κ1) is 23.3. The van der Waals surface area contributed by atoms with Gasteiger partial charge in [-0.3, -0.25) is 4.79 Å². The Morgan fingerprint density at radius 1 is 0.794 bits per heavy atom. The summed E-state index contributed by atoms with van der Waals surface area (Å²) in [4.78, 5) is 14.6. The van der Waals surface area contributed by atoms with Crippen molar-refractivity contribution in [1.29, 1.82) is 0 Å². The predicted molar refractivity (Wildman–Crippen MR) is 135 cm³/mol. The molecule has 34 heavy (non-hydrogen) atoms. The number of likely N-dealkylation sites (N-methyl/N-ethyl adjacent to an activating group) is 1. The topological polar surface area (TPSA) is 49.8 Å². The minimum absolute atomic E-state index is 0.0609. The number of ether oxygens (including phenoxy) is 1. The lowest BCUT2D eigenvalue weighted by atomic mass is 10.0. The summed E-state index contributed by atoms with van der Waals surface area (Å²) in [6.07, 6.45) is -0.504. The van der Waals surface area contributed by atoms with Crippen LogP contribution in [0.1, 0.15) is 22.8 Å². The molecule has 0 heterocycles. The molecule has 0 saturated heterocycles. The van der Waals surface area contributed by atoms with E-state index >= 15 is 0 Å². The molecule has 4 rings (SSSR count). The maximum absolute atomic E-state index is 13.0. The highest BCUT2D eigenvalue weighted by atomic mass is 16.5. The van der Waals surface area contributed by atoms with Crippen LogP contribution in [0.4, 0.5) is 0 Å². The zero-order chi connectivity index (χ0) is 23.8. The third-order valence-corrected chi connectivity index (χ3v) is 5.73. The summed E-state index contributed by atoms with van der Waals surface area (Å²) in [6.45, 7) is 0.689. The van der Waals surface area contributed by atoms with Crippen LogP contribution in [0.15, 0.2) is 109 Å². The van der Waals surface area contributed by atoms with Crippen LogP contribution in [-0.4, -0.2) is 29.5 Å². The molecule has 4 aromatic rings. The quantitative estimate of drug-likeness (QED) is 0.357. The fourth-order valence-corrected chi connectivity index (χ4v) is 3.84. The molecule has 1 amide bonds. The van der Waals surface area contributed by atoms with Crippen molar-refractivity contribution >= 4 is 5.91 Å². The molecule has 4 aromatic carbocycles. The monoisotopic (exact) mass is 451 g/mol. The Balaban J connectivity index is 1.50. The largest absolute Gasteiger partial charge is 0.489 e. The molecule has 0 aromatic heterocycles. The fourth-order valence-electron chi connectivity index (χ4n) is 3.84. The number of aliphatic hydroxyl groups excluding tert-OH is 1. The van der Waals surface area contributed by atoms with Crippen LogP contribution in [0.25, 0.3) is 11.1 Å². The molecule has 1 N–H and O–H groups in total. The molecule has 0 unspecified atom stereocenters. The Kier molecular flexibility index (Phi) is 7.74. The van der Waals surface area contributed by atoms with Crippen LogP contribution >= 0.6 is 0 Å². The number of hydrogen-bond acceptors (Lipinski definition) is 3. The second-order valence-corrected chi connectivity index (χ2v) is 8.38. The Labute approximate surface area is 201 Å². The smallest absolute Gasteiger partial charge is 0.226 e. The average Bonchev–Trinajstić information content (AvgIpc) is 2.89. The summed E-state index contributed by atoms with van der Waals surface area (Å²) in [7, 11) is 1.72. The molecule has 0 bridgehead atoms. The van der Waals surface area contributed by atoms with Crippen molar-refractivity contribution in [1.82, 2.24) is 4.90 Å². The van der Waals surface area contributed by atoms with E-state index in [1.807, 2.05) is 109 Å². The minimum Gasteiger partial charge on any atom is -0.489 e. The molecule has 0 spiro atoms. The summed E-state index contributed by atoms with van der Waals surface area (Å²) >= 11 is 0. The third kappa shape index (κ3) is 6.33. The molecule has 4 heteroatoms. The summed E-state index contributed by atoms with van der Waals surface area (Å²) in [5, 5.41) is 10.5. The number of hydrogen-bond donors (Lipinski definition) is 1. The van der Waals surface area contributed by atoms with Gasteiger partial charge >= 0.3 is 0 Å². The number of nitrogens with zero attached hydrogens (tertiary/aromatic N) is 1. The maximum Gasteiger partial charge on any atom is 0.226 e. The van der Waals surface area contributed by atoms with Gasteiger partial charge in [0.1, 0.15) is 12.4 Å². The number of carbonyl (C=O) groups is 1. The van der Waals surface area contributed by atoms with E-state index < -0.39 is 6.10 Å². The van der Waals surface area contributed by atoms with Crippen molar-refractivity contribution in [3.63, 3.8) is 0 Å². The van der Waals surface area contributed by atoms with E-state index in [2.05, 4.69) is 0 Å². The van der Waals surface area contributed by atoms with Gasteiger partial charge in [-0.05, 0) is 39.9 Å². The van der Waals surface area contributed by atoms with E-state index in [-0.39, 0.29) is 18.9 Å². The van der Waals surface area contributed by atoms with Crippen molar-refractivity contribution in [3.8, 4) is 16.9 Å². The maximum atomic E-state index is 13.0. The number of rotatable bonds is 9. The molecule has 4 nitrogen and oxygen atoms in total. The van der Waals surface area contributed by atoms with Crippen molar-refractivity contribution in [3.05, 3.63) is 126 Å². The van der Waals surface area contributed by atoms with Crippen LogP contribution in [0.3, 0.4) is 0 Å². The first-order valence-corrected chi connectivity index (χ1v) is 11.4. The van der Waals surface area contributed by atoms with Gasteiger partial charge in [0.15, 0.2) is 0 Å². The molecule has 0 aliphatic carbocycles. The zero-order valence-electron chi connectivity index (χ0n) is 19.3. The molecule has 0 aliphatic heterocycles. The molecule has 0 radical (unpaired) electrons. The van der Waals surface area contributed by atoms with Gasteiger partial charge in [-0.1, -0.05) is 97.1 Å². The molecule has 0 fully saturated rings. The highest BCUT2D eigenvalue weighted by molar-refractivity contribution is 5.79. The summed E-state index contributed by atoms with van der Waals surface area (Å²) in [5.74, 6) is 0.661. The number of benzene rings is 4. The Hall–Kier alpha value is -3.89. The standard InChI is InChI=1S/C30H29NO3/c1-31(21-29(32)26-15-9-4-10-16-26)30(33)19-24-17-27(25-13-7-3-8-14-25)20-28(18-24)34-22-23-11-5-2-6-12-23/h2-18,20,29,32H,19,21-22H2,1H3/t29-/m1/s1. The normalized spacial score (nSPS) is 11.6. The lowest BCUT2D eigenvalue weighted by Gasteiger charge is -2.21. The van der Waals surface area contributed by atoms with Gasteiger partial charge in [0.05, 0.1) is 19.1 Å².